The third-order valence-electron chi connectivity index (χ3n) is 5.68. The molecule has 2 aromatic heterocycles. The third-order valence-corrected chi connectivity index (χ3v) is 5.68. The molecule has 2 aliphatic heterocycles. The molecular weight excluding hydrogens is 447 g/mol. The van der Waals surface area contributed by atoms with E-state index in [1.165, 1.54) is 23.4 Å². The SMILES string of the molecule is O=C1O[C@@H](Cn2ccnn2)CN1c1ccc(-c2ccc(C3=NO[C@@H]([C@H](O)CO)C3)nc2)c(F)c1. The van der Waals surface area contributed by atoms with Gasteiger partial charge in [-0.3, -0.25) is 9.88 Å². The minimum absolute atomic E-state index is 0.268. The summed E-state index contributed by atoms with van der Waals surface area (Å²) in [5.41, 5.74) is 2.34. The first-order valence-electron chi connectivity index (χ1n) is 10.6. The fraction of sp³-hybridized carbons (Fsp3) is 0.318. The molecule has 1 aromatic carbocycles. The van der Waals surface area contributed by atoms with Gasteiger partial charge in [-0.15, -0.1) is 5.10 Å². The monoisotopic (exact) mass is 468 g/mol. The van der Waals surface area contributed by atoms with Crippen LogP contribution < -0.4 is 4.90 Å². The maximum atomic E-state index is 15.0. The van der Waals surface area contributed by atoms with Crippen LogP contribution in [-0.2, 0) is 16.1 Å². The number of hydrogen-bond donors (Lipinski definition) is 2. The number of cyclic esters (lactones) is 1. The average molecular weight is 468 g/mol. The van der Waals surface area contributed by atoms with Crippen LogP contribution in [0.15, 0.2) is 54.1 Å². The summed E-state index contributed by atoms with van der Waals surface area (Å²) in [6.07, 6.45) is 2.41. The minimum Gasteiger partial charge on any atom is -0.442 e. The quantitative estimate of drug-likeness (QED) is 0.531. The molecule has 1 saturated heterocycles. The zero-order chi connectivity index (χ0) is 23.7. The molecule has 0 radical (unpaired) electrons. The zero-order valence-corrected chi connectivity index (χ0v) is 17.9. The Morgan fingerprint density at radius 1 is 1.26 bits per heavy atom. The molecule has 1 fully saturated rings. The zero-order valence-electron chi connectivity index (χ0n) is 17.9. The van der Waals surface area contributed by atoms with Crippen LogP contribution in [0.25, 0.3) is 11.1 Å². The van der Waals surface area contributed by atoms with Gasteiger partial charge in [0.05, 0.1) is 37.3 Å². The first-order valence-corrected chi connectivity index (χ1v) is 10.6. The first-order chi connectivity index (χ1) is 16.5. The van der Waals surface area contributed by atoms with Gasteiger partial charge in [0.15, 0.2) is 6.10 Å². The fourth-order valence-electron chi connectivity index (χ4n) is 3.87. The number of aliphatic hydroxyl groups is 2. The van der Waals surface area contributed by atoms with Gasteiger partial charge in [0.1, 0.15) is 23.7 Å². The number of carbonyl (C=O) groups excluding carboxylic acids is 1. The average Bonchev–Trinajstić information content (AvgIpc) is 3.61. The molecule has 12 heteroatoms. The van der Waals surface area contributed by atoms with Crippen LogP contribution in [0.4, 0.5) is 14.9 Å². The summed E-state index contributed by atoms with van der Waals surface area (Å²) < 4.78 is 21.9. The summed E-state index contributed by atoms with van der Waals surface area (Å²) in [6.45, 7) is 0.202. The van der Waals surface area contributed by atoms with Gasteiger partial charge in [-0.05, 0) is 24.3 Å². The second-order valence-corrected chi connectivity index (χ2v) is 7.97. The number of carbonyl (C=O) groups is 1. The van der Waals surface area contributed by atoms with Gasteiger partial charge >= 0.3 is 6.09 Å². The molecule has 2 N–H and O–H groups in total. The van der Waals surface area contributed by atoms with Gasteiger partial charge in [-0.2, -0.15) is 0 Å². The van der Waals surface area contributed by atoms with Gasteiger partial charge in [0, 0.05) is 29.9 Å². The molecule has 3 aromatic rings. The number of nitrogens with zero attached hydrogens (tertiary/aromatic N) is 6. The van der Waals surface area contributed by atoms with Crippen molar-refractivity contribution in [1.29, 1.82) is 0 Å². The van der Waals surface area contributed by atoms with Crippen molar-refractivity contribution < 1.29 is 29.0 Å². The number of anilines is 1. The Kier molecular flexibility index (Phi) is 5.90. The van der Waals surface area contributed by atoms with Crippen LogP contribution in [0.3, 0.4) is 0 Å². The number of halogens is 1. The molecule has 1 amide bonds. The Morgan fingerprint density at radius 2 is 2.15 bits per heavy atom. The number of aliphatic hydroxyl groups excluding tert-OH is 2. The van der Waals surface area contributed by atoms with Gasteiger partial charge in [-0.25, -0.2) is 13.9 Å². The standard InChI is InChI=1S/C22H21FN6O5/c23-17-7-14(29-11-15(33-22(29)32)10-28-6-5-25-27-28)2-3-16(17)13-1-4-18(24-9-13)19-8-21(34-26-19)20(31)12-30/h1-7,9,15,20-21,30-31H,8,10-12H2/t15-,20+,21+/m0/s1. The summed E-state index contributed by atoms with van der Waals surface area (Å²) in [5, 5.41) is 30.2. The van der Waals surface area contributed by atoms with Crippen molar-refractivity contribution in [1.82, 2.24) is 20.0 Å². The fourth-order valence-corrected chi connectivity index (χ4v) is 3.87. The van der Waals surface area contributed by atoms with Crippen molar-refractivity contribution in [3.8, 4) is 11.1 Å². The highest BCUT2D eigenvalue weighted by molar-refractivity contribution is 5.99. The number of amides is 1. The van der Waals surface area contributed by atoms with E-state index in [0.717, 1.165) is 0 Å². The van der Waals surface area contributed by atoms with Crippen molar-refractivity contribution in [2.75, 3.05) is 18.1 Å². The smallest absolute Gasteiger partial charge is 0.414 e. The molecule has 176 valence electrons. The maximum Gasteiger partial charge on any atom is 0.414 e. The van der Waals surface area contributed by atoms with Gasteiger partial charge < -0.3 is 19.8 Å². The van der Waals surface area contributed by atoms with E-state index in [0.29, 0.717) is 41.2 Å². The van der Waals surface area contributed by atoms with E-state index >= 15 is 0 Å². The highest BCUT2D eigenvalue weighted by Gasteiger charge is 2.33. The summed E-state index contributed by atoms with van der Waals surface area (Å²) in [7, 11) is 0. The van der Waals surface area contributed by atoms with Gasteiger partial charge in [-0.1, -0.05) is 16.4 Å². The highest BCUT2D eigenvalue weighted by Crippen LogP contribution is 2.29. The van der Waals surface area contributed by atoms with Crippen molar-refractivity contribution in [3.63, 3.8) is 0 Å². The molecule has 5 rings (SSSR count). The molecule has 0 bridgehead atoms. The van der Waals surface area contributed by atoms with Crippen LogP contribution in [-0.4, -0.2) is 73.5 Å². The Bertz CT molecular complexity index is 1200. The Balaban J connectivity index is 1.27. The maximum absolute atomic E-state index is 15.0. The highest BCUT2D eigenvalue weighted by atomic mass is 19.1. The number of benzene rings is 1. The van der Waals surface area contributed by atoms with E-state index in [1.54, 1.807) is 35.1 Å². The number of aromatic nitrogens is 4. The Labute approximate surface area is 193 Å². The predicted octanol–water partition coefficient (Wildman–Crippen LogP) is 1.35. The number of rotatable bonds is 7. The van der Waals surface area contributed by atoms with E-state index in [1.807, 2.05) is 0 Å². The van der Waals surface area contributed by atoms with Crippen LogP contribution in [0.5, 0.6) is 0 Å². The Morgan fingerprint density at radius 3 is 2.85 bits per heavy atom. The molecule has 2 aliphatic rings. The van der Waals surface area contributed by atoms with Crippen LogP contribution in [0.2, 0.25) is 0 Å². The second kappa shape index (κ2) is 9.15. The number of ether oxygens (including phenoxy) is 1. The van der Waals surface area contributed by atoms with E-state index < -0.39 is 36.8 Å². The van der Waals surface area contributed by atoms with E-state index in [4.69, 9.17) is 14.7 Å². The van der Waals surface area contributed by atoms with Crippen molar-refractivity contribution in [2.24, 2.45) is 5.16 Å². The van der Waals surface area contributed by atoms with Gasteiger partial charge in [0.2, 0.25) is 0 Å². The lowest BCUT2D eigenvalue weighted by Crippen LogP contribution is -2.29. The largest absolute Gasteiger partial charge is 0.442 e. The lowest BCUT2D eigenvalue weighted by molar-refractivity contribution is -0.0407. The number of pyridine rings is 1. The Hall–Kier alpha value is -3.90. The number of hydrogen-bond acceptors (Lipinski definition) is 9. The lowest BCUT2D eigenvalue weighted by Gasteiger charge is -2.14. The summed E-state index contributed by atoms with van der Waals surface area (Å²) in [4.78, 5) is 23.2. The van der Waals surface area contributed by atoms with Crippen LogP contribution >= 0.6 is 0 Å². The summed E-state index contributed by atoms with van der Waals surface area (Å²) in [6, 6.07) is 7.92. The first kappa shape index (κ1) is 21.9. The van der Waals surface area contributed by atoms with Crippen LogP contribution in [0.1, 0.15) is 12.1 Å². The van der Waals surface area contributed by atoms with E-state index in [9.17, 15) is 14.3 Å². The molecule has 0 aliphatic carbocycles. The van der Waals surface area contributed by atoms with Crippen molar-refractivity contribution in [3.05, 3.63) is 60.4 Å². The molecule has 0 saturated carbocycles. The molecule has 4 heterocycles. The summed E-state index contributed by atoms with van der Waals surface area (Å²) >= 11 is 0. The topological polar surface area (TPSA) is 135 Å². The number of oxime groups is 1. The molecule has 0 spiro atoms. The van der Waals surface area contributed by atoms with E-state index in [2.05, 4.69) is 20.5 Å². The molecule has 34 heavy (non-hydrogen) atoms. The summed E-state index contributed by atoms with van der Waals surface area (Å²) in [5.74, 6) is -0.507. The molecule has 11 nitrogen and oxygen atoms in total. The van der Waals surface area contributed by atoms with Crippen LogP contribution in [0, 0.1) is 5.82 Å². The second-order valence-electron chi connectivity index (χ2n) is 7.97. The minimum atomic E-state index is -1.03. The van der Waals surface area contributed by atoms with Crippen molar-refractivity contribution in [2.45, 2.75) is 31.3 Å². The van der Waals surface area contributed by atoms with Crippen molar-refractivity contribution >= 4 is 17.5 Å². The third kappa shape index (κ3) is 4.32. The van der Waals surface area contributed by atoms with E-state index in [-0.39, 0.29) is 6.54 Å². The molecule has 0 unspecified atom stereocenters. The predicted molar refractivity (Wildman–Crippen MR) is 116 cm³/mol. The van der Waals surface area contributed by atoms with Gasteiger partial charge in [0.25, 0.3) is 0 Å². The normalized spacial score (nSPS) is 20.7. The molecule has 3 atom stereocenters. The molecular formula is C22H21FN6O5. The lowest BCUT2D eigenvalue weighted by atomic mass is 10.0.